The van der Waals surface area contributed by atoms with Crippen LogP contribution in [0.15, 0.2) is 53.2 Å². The third-order valence-corrected chi connectivity index (χ3v) is 2.83. The predicted molar refractivity (Wildman–Crippen MR) is 73.1 cm³/mol. The van der Waals surface area contributed by atoms with Crippen LogP contribution in [0.5, 0.6) is 0 Å². The van der Waals surface area contributed by atoms with Gasteiger partial charge in [0.1, 0.15) is 6.21 Å². The van der Waals surface area contributed by atoms with Gasteiger partial charge in [0.2, 0.25) is 11.9 Å². The number of ether oxygens (including phenoxy) is 1. The van der Waals surface area contributed by atoms with Crippen molar-refractivity contribution in [3.8, 4) is 0 Å². The molecule has 0 atom stereocenters. The number of pyridine rings is 2. The number of oxime groups is 2. The van der Waals surface area contributed by atoms with Gasteiger partial charge in [-0.3, -0.25) is 4.74 Å². The maximum absolute atomic E-state index is 13.6. The second kappa shape index (κ2) is 7.79. The van der Waals surface area contributed by atoms with E-state index in [0.29, 0.717) is 5.69 Å². The zero-order valence-corrected chi connectivity index (χ0v) is 11.6. The summed E-state index contributed by atoms with van der Waals surface area (Å²) in [7, 11) is 0. The van der Waals surface area contributed by atoms with Gasteiger partial charge in [0, 0.05) is 23.8 Å². The van der Waals surface area contributed by atoms with Gasteiger partial charge in [0.15, 0.2) is 18.2 Å². The average Bonchev–Trinajstić information content (AvgIpc) is 2.52. The molecule has 2 rings (SSSR count). The molecule has 8 heteroatoms. The van der Waals surface area contributed by atoms with Crippen molar-refractivity contribution < 1.29 is 28.7 Å². The highest BCUT2D eigenvalue weighted by Crippen LogP contribution is 1.99. The number of hydrogen-bond acceptors (Lipinski definition) is 5. The highest BCUT2D eigenvalue weighted by molar-refractivity contribution is 5.78. The number of halogens is 1. The predicted octanol–water partition coefficient (Wildman–Crippen LogP) is 0.649. The Morgan fingerprint density at radius 3 is 2.64 bits per heavy atom. The quantitative estimate of drug-likeness (QED) is 0.356. The Hall–Kier alpha value is -2.87. The molecule has 0 unspecified atom stereocenters. The van der Waals surface area contributed by atoms with Crippen molar-refractivity contribution in [2.24, 2.45) is 10.3 Å². The van der Waals surface area contributed by atoms with Crippen molar-refractivity contribution in [2.75, 3.05) is 0 Å². The molecule has 0 saturated heterocycles. The maximum atomic E-state index is 13.6. The third kappa shape index (κ3) is 4.06. The molecule has 2 N–H and O–H groups in total. The minimum Gasteiger partial charge on any atom is -0.411 e. The monoisotopic (exact) mass is 306 g/mol. The molecule has 0 aliphatic carbocycles. The minimum atomic E-state index is -0.524. The molecule has 0 saturated carbocycles. The second-order valence-electron chi connectivity index (χ2n) is 4.31. The Morgan fingerprint density at radius 1 is 1.09 bits per heavy atom. The van der Waals surface area contributed by atoms with E-state index in [1.165, 1.54) is 23.0 Å². The third-order valence-electron chi connectivity index (χ3n) is 2.83. The fourth-order valence-electron chi connectivity index (χ4n) is 1.79. The van der Waals surface area contributed by atoms with Crippen LogP contribution in [0.2, 0.25) is 0 Å². The molecule has 7 nitrogen and oxygen atoms in total. The second-order valence-corrected chi connectivity index (χ2v) is 4.31. The van der Waals surface area contributed by atoms with E-state index < -0.39 is 5.82 Å². The summed E-state index contributed by atoms with van der Waals surface area (Å²) in [4.78, 5) is 0. The normalized spacial score (nSPS) is 11.5. The van der Waals surface area contributed by atoms with Gasteiger partial charge in [0.25, 0.3) is 13.5 Å². The summed E-state index contributed by atoms with van der Waals surface area (Å²) in [5, 5.41) is 22.7. The molecule has 2 aromatic heterocycles. The van der Waals surface area contributed by atoms with Crippen molar-refractivity contribution in [1.29, 1.82) is 0 Å². The molecule has 114 valence electrons. The van der Waals surface area contributed by atoms with Gasteiger partial charge in [-0.1, -0.05) is 10.3 Å². The SMILES string of the molecule is O/N=C/c1cc[n+](COC[n+]2ccccc2/C=N/O)cc1F. The summed E-state index contributed by atoms with van der Waals surface area (Å²) < 4.78 is 22.3. The molecule has 0 bridgehead atoms. The summed E-state index contributed by atoms with van der Waals surface area (Å²) in [5.41, 5.74) is 0.841. The number of rotatable bonds is 6. The van der Waals surface area contributed by atoms with Gasteiger partial charge in [-0.2, -0.15) is 13.5 Å². The van der Waals surface area contributed by atoms with E-state index in [2.05, 4.69) is 10.3 Å². The first-order chi connectivity index (χ1) is 10.7. The Bertz CT molecular complexity index is 692. The number of hydrogen-bond donors (Lipinski definition) is 2. The van der Waals surface area contributed by atoms with Crippen LogP contribution in [0.25, 0.3) is 0 Å². The van der Waals surface area contributed by atoms with E-state index in [1.54, 1.807) is 29.1 Å². The lowest BCUT2D eigenvalue weighted by Crippen LogP contribution is -2.43. The molecule has 0 aliphatic rings. The molecule has 0 radical (unpaired) electrons. The molecule has 0 fully saturated rings. The first-order valence-electron chi connectivity index (χ1n) is 6.34. The van der Waals surface area contributed by atoms with Gasteiger partial charge >= 0.3 is 0 Å². The van der Waals surface area contributed by atoms with Gasteiger partial charge < -0.3 is 10.4 Å². The van der Waals surface area contributed by atoms with Crippen molar-refractivity contribution in [3.05, 3.63) is 59.9 Å². The molecule has 2 heterocycles. The summed E-state index contributed by atoms with van der Waals surface area (Å²) in [6.07, 6.45) is 6.91. The molecule has 0 spiro atoms. The fourth-order valence-corrected chi connectivity index (χ4v) is 1.79. The zero-order valence-electron chi connectivity index (χ0n) is 11.6. The summed E-state index contributed by atoms with van der Waals surface area (Å²) in [6, 6.07) is 6.85. The standard InChI is InChI=1S/C14H13FN4O3/c15-14-9-18(6-4-12(14)7-16-20)10-22-11-19-5-2-1-3-13(19)8-17-21/h1-9H,10-11H2/p+2. The Kier molecular flexibility index (Phi) is 5.50. The van der Waals surface area contributed by atoms with Gasteiger partial charge in [-0.05, 0) is 6.07 Å². The summed E-state index contributed by atoms with van der Waals surface area (Å²) in [6.45, 7) is 0.335. The van der Waals surface area contributed by atoms with Crippen LogP contribution in [-0.2, 0) is 18.2 Å². The summed E-state index contributed by atoms with van der Waals surface area (Å²) >= 11 is 0. The van der Waals surface area contributed by atoms with E-state index in [9.17, 15) is 4.39 Å². The molecular formula is C14H15FN4O3+2. The number of nitrogens with zero attached hydrogens (tertiary/aromatic N) is 4. The van der Waals surface area contributed by atoms with Crippen LogP contribution < -0.4 is 9.13 Å². The smallest absolute Gasteiger partial charge is 0.258 e. The van der Waals surface area contributed by atoms with Crippen molar-refractivity contribution in [1.82, 2.24) is 0 Å². The Morgan fingerprint density at radius 2 is 1.91 bits per heavy atom. The summed E-state index contributed by atoms with van der Waals surface area (Å²) in [5.74, 6) is -0.524. The first-order valence-corrected chi connectivity index (χ1v) is 6.34. The van der Waals surface area contributed by atoms with Gasteiger partial charge in [-0.25, -0.2) is 0 Å². The van der Waals surface area contributed by atoms with Crippen molar-refractivity contribution in [2.45, 2.75) is 13.5 Å². The molecule has 2 aromatic rings. The van der Waals surface area contributed by atoms with Gasteiger partial charge in [0.05, 0.1) is 6.21 Å². The Labute approximate surface area is 125 Å². The van der Waals surface area contributed by atoms with E-state index in [1.807, 2.05) is 6.07 Å². The Balaban J connectivity index is 1.98. The molecule has 0 aliphatic heterocycles. The van der Waals surface area contributed by atoms with Crippen LogP contribution in [-0.4, -0.2) is 22.8 Å². The van der Waals surface area contributed by atoms with E-state index in [0.717, 1.165) is 6.21 Å². The molecular weight excluding hydrogens is 291 g/mol. The first kappa shape index (κ1) is 15.5. The molecule has 22 heavy (non-hydrogen) atoms. The van der Waals surface area contributed by atoms with Crippen LogP contribution >= 0.6 is 0 Å². The highest BCUT2D eigenvalue weighted by Gasteiger charge is 2.11. The van der Waals surface area contributed by atoms with E-state index in [4.69, 9.17) is 15.2 Å². The largest absolute Gasteiger partial charge is 0.411 e. The van der Waals surface area contributed by atoms with Crippen molar-refractivity contribution >= 4 is 12.4 Å². The molecule has 0 amide bonds. The van der Waals surface area contributed by atoms with E-state index >= 15 is 0 Å². The lowest BCUT2D eigenvalue weighted by Gasteiger charge is -2.01. The topological polar surface area (TPSA) is 82.2 Å². The fraction of sp³-hybridized carbons (Fsp3) is 0.143. The van der Waals surface area contributed by atoms with Crippen LogP contribution in [0.1, 0.15) is 11.3 Å². The molecule has 0 aromatic carbocycles. The lowest BCUT2D eigenvalue weighted by atomic mass is 10.3. The van der Waals surface area contributed by atoms with Gasteiger partial charge in [-0.15, -0.1) is 0 Å². The van der Waals surface area contributed by atoms with Crippen LogP contribution in [0.4, 0.5) is 4.39 Å². The maximum Gasteiger partial charge on any atom is 0.258 e. The zero-order chi connectivity index (χ0) is 15.8. The minimum absolute atomic E-state index is 0.130. The number of aromatic nitrogens is 2. The average molecular weight is 306 g/mol. The van der Waals surface area contributed by atoms with Crippen molar-refractivity contribution in [3.63, 3.8) is 0 Å². The highest BCUT2D eigenvalue weighted by atomic mass is 19.1. The lowest BCUT2D eigenvalue weighted by molar-refractivity contribution is -0.789. The van der Waals surface area contributed by atoms with E-state index in [-0.39, 0.29) is 19.0 Å². The van der Waals surface area contributed by atoms with Crippen LogP contribution in [0.3, 0.4) is 0 Å². The van der Waals surface area contributed by atoms with Crippen LogP contribution in [0, 0.1) is 5.82 Å².